The second-order valence-electron chi connectivity index (χ2n) is 8.44. The summed E-state index contributed by atoms with van der Waals surface area (Å²) < 4.78 is 0. The quantitative estimate of drug-likeness (QED) is 0.565. The number of hydrogen-bond donors (Lipinski definition) is 2. The van der Waals surface area contributed by atoms with Gasteiger partial charge in [0.2, 0.25) is 15.9 Å². The number of amides is 3. The van der Waals surface area contributed by atoms with Crippen LogP contribution in [0.2, 0.25) is 0 Å². The molecule has 0 spiro atoms. The molecule has 2 heterocycles. The molecule has 1 aliphatic rings. The number of nitrogens with zero attached hydrogens (tertiary/aromatic N) is 3. The Bertz CT molecular complexity index is 1180. The van der Waals surface area contributed by atoms with Crippen molar-refractivity contribution in [2.45, 2.75) is 33.2 Å². The molecule has 0 saturated carbocycles. The lowest BCUT2D eigenvalue weighted by Gasteiger charge is -2.30. The van der Waals surface area contributed by atoms with Crippen LogP contribution in [0.3, 0.4) is 0 Å². The van der Waals surface area contributed by atoms with E-state index < -0.39 is 5.91 Å². The summed E-state index contributed by atoms with van der Waals surface area (Å²) in [4.78, 5) is 39.6. The number of likely N-dealkylation sites (tertiary alicyclic amines) is 1. The zero-order chi connectivity index (χ0) is 24.1. The van der Waals surface area contributed by atoms with Crippen molar-refractivity contribution in [3.63, 3.8) is 0 Å². The van der Waals surface area contributed by atoms with E-state index in [1.807, 2.05) is 62.4 Å². The Balaban J connectivity index is 1.27. The lowest BCUT2D eigenvalue weighted by atomic mass is 9.95. The van der Waals surface area contributed by atoms with Crippen molar-refractivity contribution < 1.29 is 14.4 Å². The summed E-state index contributed by atoms with van der Waals surface area (Å²) in [5, 5.41) is 13.9. The molecule has 3 aromatic rings. The Kier molecular flexibility index (Phi) is 7.32. The third-order valence-electron chi connectivity index (χ3n) is 5.98. The maximum atomic E-state index is 12.9. The van der Waals surface area contributed by atoms with Crippen LogP contribution in [0, 0.1) is 19.8 Å². The minimum Gasteiger partial charge on any atom is -0.352 e. The van der Waals surface area contributed by atoms with Crippen molar-refractivity contribution >= 4 is 34.7 Å². The van der Waals surface area contributed by atoms with Crippen LogP contribution >= 0.6 is 11.3 Å². The van der Waals surface area contributed by atoms with Crippen LogP contribution in [0.4, 0.5) is 5.69 Å². The van der Waals surface area contributed by atoms with Crippen molar-refractivity contribution in [2.24, 2.45) is 5.92 Å². The van der Waals surface area contributed by atoms with Crippen LogP contribution in [0.1, 0.15) is 49.1 Å². The maximum Gasteiger partial charge on any atom is 0.286 e. The molecule has 1 fully saturated rings. The summed E-state index contributed by atoms with van der Waals surface area (Å²) in [7, 11) is 0. The number of anilines is 1. The number of rotatable bonds is 6. The van der Waals surface area contributed by atoms with Gasteiger partial charge in [-0.05, 0) is 49.9 Å². The average molecular weight is 478 g/mol. The zero-order valence-corrected chi connectivity index (χ0v) is 20.0. The van der Waals surface area contributed by atoms with Crippen molar-refractivity contribution in [1.29, 1.82) is 0 Å². The molecule has 4 rings (SSSR count). The van der Waals surface area contributed by atoms with Gasteiger partial charge in [0.15, 0.2) is 0 Å². The van der Waals surface area contributed by atoms with E-state index in [9.17, 15) is 14.4 Å². The predicted octanol–water partition coefficient (Wildman–Crippen LogP) is 3.58. The van der Waals surface area contributed by atoms with Crippen molar-refractivity contribution in [2.75, 3.05) is 18.4 Å². The number of nitrogens with one attached hydrogen (secondary N) is 2. The molecule has 2 aromatic carbocycles. The van der Waals surface area contributed by atoms with Gasteiger partial charge in [-0.2, -0.15) is 0 Å². The number of benzene rings is 2. The molecule has 9 heteroatoms. The van der Waals surface area contributed by atoms with Gasteiger partial charge in [0.25, 0.3) is 11.8 Å². The number of carbonyl (C=O) groups excluding carboxylic acids is 3. The Labute approximate surface area is 202 Å². The largest absolute Gasteiger partial charge is 0.352 e. The van der Waals surface area contributed by atoms with Gasteiger partial charge >= 0.3 is 0 Å². The molecule has 176 valence electrons. The van der Waals surface area contributed by atoms with Gasteiger partial charge in [-0.1, -0.05) is 53.3 Å². The normalized spacial score (nSPS) is 14.0. The Morgan fingerprint density at radius 2 is 1.65 bits per heavy atom. The molecule has 0 radical (unpaired) electrons. The summed E-state index contributed by atoms with van der Waals surface area (Å²) in [6.45, 7) is 5.42. The SMILES string of the molecule is Cc1ccc(NC(=O)c2nnc(C(=O)N3CCC(C(=O)NCc4ccccc4C)CC3)s2)cc1. The van der Waals surface area contributed by atoms with Gasteiger partial charge in [0.05, 0.1) is 0 Å². The van der Waals surface area contributed by atoms with E-state index in [1.54, 1.807) is 4.90 Å². The van der Waals surface area contributed by atoms with Crippen LogP contribution in [0.25, 0.3) is 0 Å². The van der Waals surface area contributed by atoms with Crippen LogP contribution in [-0.2, 0) is 11.3 Å². The van der Waals surface area contributed by atoms with E-state index in [2.05, 4.69) is 20.8 Å². The summed E-state index contributed by atoms with van der Waals surface area (Å²) in [5.74, 6) is -0.769. The molecule has 0 atom stereocenters. The Morgan fingerprint density at radius 1 is 0.971 bits per heavy atom. The van der Waals surface area contributed by atoms with Crippen LogP contribution in [0.5, 0.6) is 0 Å². The minimum atomic E-state index is -0.399. The number of hydrogen-bond acceptors (Lipinski definition) is 6. The van der Waals surface area contributed by atoms with E-state index in [4.69, 9.17) is 0 Å². The smallest absolute Gasteiger partial charge is 0.286 e. The topological polar surface area (TPSA) is 104 Å². The number of piperidine rings is 1. The first-order valence-electron chi connectivity index (χ1n) is 11.2. The first-order valence-corrected chi connectivity index (χ1v) is 12.1. The highest BCUT2D eigenvalue weighted by Gasteiger charge is 2.29. The van der Waals surface area contributed by atoms with Gasteiger partial charge in [-0.25, -0.2) is 0 Å². The van der Waals surface area contributed by atoms with Crippen molar-refractivity contribution in [3.05, 3.63) is 75.2 Å². The molecule has 8 nitrogen and oxygen atoms in total. The summed E-state index contributed by atoms with van der Waals surface area (Å²) >= 11 is 0.975. The van der Waals surface area contributed by atoms with Gasteiger partial charge in [-0.15, -0.1) is 10.2 Å². The summed E-state index contributed by atoms with van der Waals surface area (Å²) in [5.41, 5.74) is 3.99. The molecule has 2 N–H and O–H groups in total. The second-order valence-corrected chi connectivity index (χ2v) is 9.42. The third-order valence-corrected chi connectivity index (χ3v) is 6.89. The van der Waals surface area contributed by atoms with Crippen LogP contribution in [-0.4, -0.2) is 45.9 Å². The lowest BCUT2D eigenvalue weighted by molar-refractivity contribution is -0.126. The fourth-order valence-electron chi connectivity index (χ4n) is 3.84. The first-order chi connectivity index (χ1) is 16.4. The number of aromatic nitrogens is 2. The molecule has 34 heavy (non-hydrogen) atoms. The van der Waals surface area contributed by atoms with E-state index in [-0.39, 0.29) is 27.7 Å². The lowest BCUT2D eigenvalue weighted by Crippen LogP contribution is -2.43. The highest BCUT2D eigenvalue weighted by molar-refractivity contribution is 7.15. The summed E-state index contributed by atoms with van der Waals surface area (Å²) in [6, 6.07) is 15.4. The predicted molar refractivity (Wildman–Crippen MR) is 131 cm³/mol. The summed E-state index contributed by atoms with van der Waals surface area (Å²) in [6.07, 6.45) is 1.18. The average Bonchev–Trinajstić information content (AvgIpc) is 3.35. The van der Waals surface area contributed by atoms with Crippen LogP contribution in [0.15, 0.2) is 48.5 Å². The van der Waals surface area contributed by atoms with Crippen LogP contribution < -0.4 is 10.6 Å². The minimum absolute atomic E-state index is 0.0151. The fraction of sp³-hybridized carbons (Fsp3) is 0.320. The maximum absolute atomic E-state index is 12.9. The first kappa shape index (κ1) is 23.6. The molecule has 1 aliphatic heterocycles. The number of aryl methyl sites for hydroxylation is 2. The van der Waals surface area contributed by atoms with Gasteiger partial charge < -0.3 is 15.5 Å². The van der Waals surface area contributed by atoms with Gasteiger partial charge in [-0.3, -0.25) is 14.4 Å². The van der Waals surface area contributed by atoms with E-state index in [0.717, 1.165) is 28.0 Å². The molecule has 0 aliphatic carbocycles. The monoisotopic (exact) mass is 477 g/mol. The molecular weight excluding hydrogens is 450 g/mol. The molecule has 0 bridgehead atoms. The molecule has 1 aromatic heterocycles. The Morgan fingerprint density at radius 3 is 2.35 bits per heavy atom. The second kappa shape index (κ2) is 10.6. The Hall–Kier alpha value is -3.59. The van der Waals surface area contributed by atoms with Crippen molar-refractivity contribution in [3.8, 4) is 0 Å². The van der Waals surface area contributed by atoms with E-state index >= 15 is 0 Å². The molecule has 1 saturated heterocycles. The number of carbonyl (C=O) groups is 3. The molecule has 3 amide bonds. The highest BCUT2D eigenvalue weighted by atomic mass is 32.1. The standard InChI is InChI=1S/C25H27N5O3S/c1-16-7-9-20(10-8-16)27-22(32)23-28-29-24(34-23)25(33)30-13-11-18(12-14-30)21(31)26-15-19-6-4-3-5-17(19)2/h3-10,18H,11-15H2,1-2H3,(H,26,31)(H,27,32). The molecular formula is C25H27N5O3S. The van der Waals surface area contributed by atoms with E-state index in [0.29, 0.717) is 38.2 Å². The van der Waals surface area contributed by atoms with Crippen molar-refractivity contribution in [1.82, 2.24) is 20.4 Å². The van der Waals surface area contributed by atoms with Gasteiger partial charge in [0.1, 0.15) is 0 Å². The fourth-order valence-corrected chi connectivity index (χ4v) is 4.54. The highest BCUT2D eigenvalue weighted by Crippen LogP contribution is 2.21. The zero-order valence-electron chi connectivity index (χ0n) is 19.2. The molecule has 0 unspecified atom stereocenters. The third kappa shape index (κ3) is 5.66. The van der Waals surface area contributed by atoms with Gasteiger partial charge in [0, 0.05) is 31.2 Å². The van der Waals surface area contributed by atoms with E-state index in [1.165, 1.54) is 0 Å².